The van der Waals surface area contributed by atoms with Gasteiger partial charge in [0, 0.05) is 25.2 Å². The molecular formula is C19H18N4. The molecule has 0 fully saturated rings. The Bertz CT molecular complexity index is 1010. The third-order valence-electron chi connectivity index (χ3n) is 4.23. The maximum atomic E-state index is 4.63. The van der Waals surface area contributed by atoms with Gasteiger partial charge in [-0.3, -0.25) is 0 Å². The van der Waals surface area contributed by atoms with E-state index in [9.17, 15) is 0 Å². The summed E-state index contributed by atoms with van der Waals surface area (Å²) in [5.74, 6) is 0. The van der Waals surface area contributed by atoms with Crippen molar-refractivity contribution < 1.29 is 0 Å². The summed E-state index contributed by atoms with van der Waals surface area (Å²) in [5.41, 5.74) is 7.80. The summed E-state index contributed by atoms with van der Waals surface area (Å²) in [7, 11) is 4.05. The number of fused-ring (bicyclic) bond motifs is 1. The number of hydrogen-bond donors (Lipinski definition) is 0. The first-order valence-corrected chi connectivity index (χ1v) is 7.63. The number of nitrogens with zero attached hydrogens (tertiary/aromatic N) is 4. The molecule has 0 radical (unpaired) electrons. The number of hydrogen-bond acceptors (Lipinski definition) is 2. The zero-order valence-corrected chi connectivity index (χ0v) is 13.5. The minimum atomic E-state index is 1.01. The number of rotatable bonds is 2. The Hall–Kier alpha value is -2.88. The Morgan fingerprint density at radius 1 is 0.826 bits per heavy atom. The summed E-state index contributed by atoms with van der Waals surface area (Å²) in [4.78, 5) is 9.03. The molecule has 0 aliphatic rings. The molecule has 0 unspecified atom stereocenters. The van der Waals surface area contributed by atoms with Crippen LogP contribution in [0.4, 0.5) is 0 Å². The summed E-state index contributed by atoms with van der Waals surface area (Å²) in [5, 5.41) is 0. The molecule has 4 aromatic rings. The summed E-state index contributed by atoms with van der Waals surface area (Å²) >= 11 is 0. The van der Waals surface area contributed by atoms with Crippen LogP contribution in [-0.4, -0.2) is 19.1 Å². The van der Waals surface area contributed by atoms with E-state index in [1.807, 2.05) is 31.3 Å². The number of aromatic nitrogens is 4. The van der Waals surface area contributed by atoms with Crippen molar-refractivity contribution in [3.8, 4) is 22.5 Å². The number of benzene rings is 2. The molecule has 0 spiro atoms. The fraction of sp³-hybridized carbons (Fsp3) is 0.158. The Balaban J connectivity index is 1.94. The van der Waals surface area contributed by atoms with Crippen molar-refractivity contribution >= 4 is 11.0 Å². The van der Waals surface area contributed by atoms with Crippen LogP contribution in [0.2, 0.25) is 0 Å². The van der Waals surface area contributed by atoms with Gasteiger partial charge in [0.15, 0.2) is 0 Å². The molecule has 0 N–H and O–H groups in total. The van der Waals surface area contributed by atoms with E-state index in [0.717, 1.165) is 33.5 Å². The van der Waals surface area contributed by atoms with Crippen molar-refractivity contribution in [2.75, 3.05) is 0 Å². The van der Waals surface area contributed by atoms with Gasteiger partial charge < -0.3 is 9.13 Å². The van der Waals surface area contributed by atoms with Gasteiger partial charge in [0.25, 0.3) is 0 Å². The second-order valence-corrected chi connectivity index (χ2v) is 5.98. The zero-order valence-electron chi connectivity index (χ0n) is 13.5. The highest BCUT2D eigenvalue weighted by molar-refractivity contribution is 5.86. The van der Waals surface area contributed by atoms with Crippen molar-refractivity contribution in [1.82, 2.24) is 19.1 Å². The van der Waals surface area contributed by atoms with Crippen molar-refractivity contribution in [2.45, 2.75) is 6.92 Å². The standard InChI is InChI=1S/C19H18N4/c1-13-5-4-6-14(9-13)18-19(23(3)12-21-18)15-7-8-16-17(10-15)22(2)11-20-16/h4-12H,1-3H3. The van der Waals surface area contributed by atoms with Crippen LogP contribution in [0, 0.1) is 6.92 Å². The minimum Gasteiger partial charge on any atom is -0.334 e. The van der Waals surface area contributed by atoms with E-state index >= 15 is 0 Å². The lowest BCUT2D eigenvalue weighted by molar-refractivity contribution is 0.921. The lowest BCUT2D eigenvalue weighted by Crippen LogP contribution is -1.93. The fourth-order valence-corrected chi connectivity index (χ4v) is 3.05. The summed E-state index contributed by atoms with van der Waals surface area (Å²) in [6, 6.07) is 14.8. The number of imidazole rings is 2. The van der Waals surface area contributed by atoms with Crippen molar-refractivity contribution in [2.24, 2.45) is 14.1 Å². The second kappa shape index (κ2) is 5.09. The van der Waals surface area contributed by atoms with E-state index in [1.54, 1.807) is 0 Å². The van der Waals surface area contributed by atoms with E-state index in [1.165, 1.54) is 5.56 Å². The molecule has 0 saturated heterocycles. The molecule has 2 heterocycles. The molecule has 0 aliphatic carbocycles. The first-order valence-electron chi connectivity index (χ1n) is 7.63. The third kappa shape index (κ3) is 2.23. The molecule has 2 aromatic carbocycles. The van der Waals surface area contributed by atoms with Crippen LogP contribution in [0.5, 0.6) is 0 Å². The highest BCUT2D eigenvalue weighted by Crippen LogP contribution is 2.32. The Morgan fingerprint density at radius 2 is 1.65 bits per heavy atom. The van der Waals surface area contributed by atoms with Gasteiger partial charge in [0.2, 0.25) is 0 Å². The lowest BCUT2D eigenvalue weighted by Gasteiger charge is -2.08. The average molecular weight is 302 g/mol. The summed E-state index contributed by atoms with van der Waals surface area (Å²) in [6.07, 6.45) is 3.72. The molecule has 2 aromatic heterocycles. The highest BCUT2D eigenvalue weighted by atomic mass is 15.0. The van der Waals surface area contributed by atoms with Gasteiger partial charge in [0.05, 0.1) is 35.1 Å². The zero-order chi connectivity index (χ0) is 16.0. The normalized spacial score (nSPS) is 11.3. The van der Waals surface area contributed by atoms with Crippen molar-refractivity contribution in [3.63, 3.8) is 0 Å². The van der Waals surface area contributed by atoms with Crippen LogP contribution in [0.25, 0.3) is 33.5 Å². The molecule has 4 nitrogen and oxygen atoms in total. The quantitative estimate of drug-likeness (QED) is 0.562. The molecule has 0 bridgehead atoms. The van der Waals surface area contributed by atoms with Crippen LogP contribution in [0.3, 0.4) is 0 Å². The maximum Gasteiger partial charge on any atom is 0.0963 e. The van der Waals surface area contributed by atoms with Crippen molar-refractivity contribution in [3.05, 3.63) is 60.7 Å². The van der Waals surface area contributed by atoms with E-state index < -0.39 is 0 Å². The molecule has 0 atom stereocenters. The van der Waals surface area contributed by atoms with Gasteiger partial charge in [-0.15, -0.1) is 0 Å². The highest BCUT2D eigenvalue weighted by Gasteiger charge is 2.14. The fourth-order valence-electron chi connectivity index (χ4n) is 3.05. The smallest absolute Gasteiger partial charge is 0.0963 e. The van der Waals surface area contributed by atoms with Gasteiger partial charge in [-0.25, -0.2) is 9.97 Å². The van der Waals surface area contributed by atoms with E-state index in [4.69, 9.17) is 0 Å². The van der Waals surface area contributed by atoms with Crippen LogP contribution in [0.15, 0.2) is 55.1 Å². The molecule has 4 rings (SSSR count). The molecule has 4 heteroatoms. The Labute approximate surface area is 135 Å². The van der Waals surface area contributed by atoms with Gasteiger partial charge in [0.1, 0.15) is 0 Å². The maximum absolute atomic E-state index is 4.63. The average Bonchev–Trinajstić information content (AvgIpc) is 3.11. The molecule has 0 saturated carbocycles. The topological polar surface area (TPSA) is 35.6 Å². The van der Waals surface area contributed by atoms with E-state index in [-0.39, 0.29) is 0 Å². The van der Waals surface area contributed by atoms with Gasteiger partial charge >= 0.3 is 0 Å². The van der Waals surface area contributed by atoms with Crippen LogP contribution in [0.1, 0.15) is 5.56 Å². The summed E-state index contributed by atoms with van der Waals surface area (Å²) < 4.78 is 4.12. The van der Waals surface area contributed by atoms with Crippen LogP contribution < -0.4 is 0 Å². The van der Waals surface area contributed by atoms with Gasteiger partial charge in [-0.1, -0.05) is 29.8 Å². The van der Waals surface area contributed by atoms with E-state index in [0.29, 0.717) is 0 Å². The van der Waals surface area contributed by atoms with Gasteiger partial charge in [-0.05, 0) is 25.1 Å². The molecule has 23 heavy (non-hydrogen) atoms. The van der Waals surface area contributed by atoms with Crippen molar-refractivity contribution in [1.29, 1.82) is 0 Å². The third-order valence-corrected chi connectivity index (χ3v) is 4.23. The van der Waals surface area contributed by atoms with Crippen LogP contribution in [-0.2, 0) is 14.1 Å². The molecule has 0 amide bonds. The minimum absolute atomic E-state index is 1.01. The predicted octanol–water partition coefficient (Wildman–Crippen LogP) is 3.95. The second-order valence-electron chi connectivity index (χ2n) is 5.98. The van der Waals surface area contributed by atoms with Crippen LogP contribution >= 0.6 is 0 Å². The lowest BCUT2D eigenvalue weighted by atomic mass is 10.0. The molecular weight excluding hydrogens is 284 g/mol. The SMILES string of the molecule is Cc1cccc(-c2ncn(C)c2-c2ccc3ncn(C)c3c2)c1. The van der Waals surface area contributed by atoms with E-state index in [2.05, 4.69) is 63.9 Å². The number of aryl methyl sites for hydroxylation is 3. The monoisotopic (exact) mass is 302 g/mol. The first-order chi connectivity index (χ1) is 11.1. The summed E-state index contributed by atoms with van der Waals surface area (Å²) in [6.45, 7) is 2.10. The Kier molecular flexibility index (Phi) is 3.05. The molecule has 114 valence electrons. The first kappa shape index (κ1) is 13.8. The Morgan fingerprint density at radius 3 is 2.48 bits per heavy atom. The largest absolute Gasteiger partial charge is 0.334 e. The predicted molar refractivity (Wildman–Crippen MR) is 93.1 cm³/mol. The molecule has 0 aliphatic heterocycles. The van der Waals surface area contributed by atoms with Gasteiger partial charge in [-0.2, -0.15) is 0 Å².